The maximum Gasteiger partial charge on any atom is 0.417 e. The lowest BCUT2D eigenvalue weighted by atomic mass is 10.0. The second-order valence-corrected chi connectivity index (χ2v) is 6.22. The normalized spacial score (nSPS) is 15.3. The van der Waals surface area contributed by atoms with E-state index >= 15 is 0 Å². The molecule has 1 aliphatic rings. The fraction of sp³-hybridized carbons (Fsp3) is 0.533. The predicted molar refractivity (Wildman–Crippen MR) is 82.5 cm³/mol. The molecule has 116 valence electrons. The van der Waals surface area contributed by atoms with Gasteiger partial charge in [0.05, 0.1) is 5.56 Å². The minimum Gasteiger partial charge on any atom is -0.389 e. The fourth-order valence-electron chi connectivity index (χ4n) is 2.35. The van der Waals surface area contributed by atoms with Crippen LogP contribution in [0.15, 0.2) is 18.2 Å². The zero-order valence-corrected chi connectivity index (χ0v) is 12.9. The summed E-state index contributed by atoms with van der Waals surface area (Å²) in [6.45, 7) is 4.76. The molecule has 0 saturated heterocycles. The maximum absolute atomic E-state index is 13.2. The third-order valence-electron chi connectivity index (χ3n) is 3.68. The molecular formula is C15H19F3N2S. The van der Waals surface area contributed by atoms with Crippen molar-refractivity contribution in [2.24, 2.45) is 11.7 Å². The molecule has 1 aromatic carbocycles. The van der Waals surface area contributed by atoms with E-state index in [9.17, 15) is 13.2 Å². The molecule has 0 aliphatic heterocycles. The number of rotatable bonds is 5. The van der Waals surface area contributed by atoms with Gasteiger partial charge in [0.1, 0.15) is 4.99 Å². The predicted octanol–water partition coefficient (Wildman–Crippen LogP) is 3.96. The van der Waals surface area contributed by atoms with E-state index in [1.807, 2.05) is 18.7 Å². The highest BCUT2D eigenvalue weighted by molar-refractivity contribution is 7.80. The smallest absolute Gasteiger partial charge is 0.389 e. The van der Waals surface area contributed by atoms with Crippen LogP contribution >= 0.6 is 12.2 Å². The molecule has 1 saturated carbocycles. The van der Waals surface area contributed by atoms with Gasteiger partial charge in [-0.1, -0.05) is 12.2 Å². The molecule has 0 atom stereocenters. The van der Waals surface area contributed by atoms with E-state index in [2.05, 4.69) is 0 Å². The van der Waals surface area contributed by atoms with E-state index in [-0.39, 0.29) is 16.6 Å². The van der Waals surface area contributed by atoms with E-state index in [0.717, 1.165) is 25.5 Å². The van der Waals surface area contributed by atoms with Crippen molar-refractivity contribution >= 4 is 22.9 Å². The topological polar surface area (TPSA) is 29.3 Å². The lowest BCUT2D eigenvalue weighted by Gasteiger charge is -2.30. The Hall–Kier alpha value is -1.30. The van der Waals surface area contributed by atoms with Crippen LogP contribution in [0.25, 0.3) is 0 Å². The summed E-state index contributed by atoms with van der Waals surface area (Å²) in [4.78, 5) is 1.78. The van der Waals surface area contributed by atoms with Gasteiger partial charge in [-0.2, -0.15) is 13.2 Å². The van der Waals surface area contributed by atoms with Gasteiger partial charge in [-0.25, -0.2) is 0 Å². The molecule has 0 bridgehead atoms. The number of hydrogen-bond donors (Lipinski definition) is 1. The monoisotopic (exact) mass is 316 g/mol. The highest BCUT2D eigenvalue weighted by Crippen LogP contribution is 2.37. The van der Waals surface area contributed by atoms with E-state index in [1.165, 1.54) is 6.07 Å². The van der Waals surface area contributed by atoms with Crippen molar-refractivity contribution in [3.63, 3.8) is 0 Å². The Kier molecular flexibility index (Phi) is 4.46. The van der Waals surface area contributed by atoms with Gasteiger partial charge >= 0.3 is 6.18 Å². The summed E-state index contributed by atoms with van der Waals surface area (Å²) >= 11 is 4.72. The minimum absolute atomic E-state index is 0.114. The molecule has 1 aliphatic carbocycles. The minimum atomic E-state index is -4.46. The molecule has 1 fully saturated rings. The number of benzene rings is 1. The van der Waals surface area contributed by atoms with Crippen LogP contribution in [0, 0.1) is 5.92 Å². The first-order valence-corrected chi connectivity index (χ1v) is 7.38. The van der Waals surface area contributed by atoms with Gasteiger partial charge in [-0.05, 0) is 50.8 Å². The van der Waals surface area contributed by atoms with E-state index in [4.69, 9.17) is 18.0 Å². The van der Waals surface area contributed by atoms with Crippen LogP contribution in [0.3, 0.4) is 0 Å². The Bertz CT molecular complexity index is 536. The SMILES string of the molecule is CC(C)N(CC1CC1)c1ccc(C(N)=S)c(C(F)(F)F)c1. The average molecular weight is 316 g/mol. The van der Waals surface area contributed by atoms with Crippen LogP contribution in [0.4, 0.5) is 18.9 Å². The van der Waals surface area contributed by atoms with Gasteiger partial charge < -0.3 is 10.6 Å². The molecule has 6 heteroatoms. The van der Waals surface area contributed by atoms with Crippen LogP contribution in [0.2, 0.25) is 0 Å². The molecule has 0 aromatic heterocycles. The molecule has 0 radical (unpaired) electrons. The van der Waals surface area contributed by atoms with Crippen molar-refractivity contribution in [2.45, 2.75) is 38.9 Å². The van der Waals surface area contributed by atoms with Crippen LogP contribution in [-0.2, 0) is 6.18 Å². The standard InChI is InChI=1S/C15H19F3N2S/c1-9(2)20(8-10-3-4-10)11-5-6-12(14(19)21)13(7-11)15(16,17)18/h5-7,9-10H,3-4,8H2,1-2H3,(H2,19,21). The number of halogens is 3. The molecule has 0 amide bonds. The summed E-state index contributed by atoms with van der Waals surface area (Å²) in [5.74, 6) is 0.594. The van der Waals surface area contributed by atoms with Crippen molar-refractivity contribution in [3.8, 4) is 0 Å². The number of nitrogens with two attached hydrogens (primary N) is 1. The van der Waals surface area contributed by atoms with Gasteiger partial charge in [-0.15, -0.1) is 0 Å². The Morgan fingerprint density at radius 1 is 1.38 bits per heavy atom. The molecule has 2 rings (SSSR count). The first-order valence-electron chi connectivity index (χ1n) is 6.98. The molecule has 0 heterocycles. The van der Waals surface area contributed by atoms with Gasteiger partial charge in [0.15, 0.2) is 0 Å². The first-order chi connectivity index (χ1) is 9.70. The Balaban J connectivity index is 2.41. The number of hydrogen-bond acceptors (Lipinski definition) is 2. The lowest BCUT2D eigenvalue weighted by Crippen LogP contribution is -2.33. The van der Waals surface area contributed by atoms with Crippen LogP contribution in [0.5, 0.6) is 0 Å². The van der Waals surface area contributed by atoms with E-state index in [0.29, 0.717) is 11.6 Å². The Morgan fingerprint density at radius 2 is 2.00 bits per heavy atom. The molecule has 2 N–H and O–H groups in total. The number of alkyl halides is 3. The second kappa shape index (κ2) is 5.83. The van der Waals surface area contributed by atoms with Gasteiger partial charge in [0, 0.05) is 23.8 Å². The molecule has 0 spiro atoms. The highest BCUT2D eigenvalue weighted by atomic mass is 32.1. The van der Waals surface area contributed by atoms with Crippen LogP contribution in [-0.4, -0.2) is 17.6 Å². The molecule has 0 unspecified atom stereocenters. The fourth-order valence-corrected chi connectivity index (χ4v) is 2.53. The average Bonchev–Trinajstić information content (AvgIpc) is 3.17. The lowest BCUT2D eigenvalue weighted by molar-refractivity contribution is -0.137. The third-order valence-corrected chi connectivity index (χ3v) is 3.90. The van der Waals surface area contributed by atoms with Crippen molar-refractivity contribution in [1.29, 1.82) is 0 Å². The van der Waals surface area contributed by atoms with Crippen molar-refractivity contribution in [3.05, 3.63) is 29.3 Å². The van der Waals surface area contributed by atoms with Crippen molar-refractivity contribution < 1.29 is 13.2 Å². The zero-order chi connectivity index (χ0) is 15.8. The molecule has 1 aromatic rings. The summed E-state index contributed by atoms with van der Waals surface area (Å²) in [6, 6.07) is 4.36. The van der Waals surface area contributed by atoms with Gasteiger partial charge in [0.2, 0.25) is 0 Å². The number of nitrogens with zero attached hydrogens (tertiary/aromatic N) is 1. The number of thiocarbonyl (C=S) groups is 1. The van der Waals surface area contributed by atoms with Crippen LogP contribution < -0.4 is 10.6 Å². The summed E-state index contributed by atoms with van der Waals surface area (Å²) in [5, 5.41) is 0. The van der Waals surface area contributed by atoms with Gasteiger partial charge in [0.25, 0.3) is 0 Å². The molecular weight excluding hydrogens is 297 g/mol. The summed E-state index contributed by atoms with van der Waals surface area (Å²) in [7, 11) is 0. The molecule has 2 nitrogen and oxygen atoms in total. The van der Waals surface area contributed by atoms with Crippen molar-refractivity contribution in [2.75, 3.05) is 11.4 Å². The Morgan fingerprint density at radius 3 is 2.43 bits per heavy atom. The Labute approximate surface area is 128 Å². The zero-order valence-electron chi connectivity index (χ0n) is 12.1. The van der Waals surface area contributed by atoms with E-state index < -0.39 is 11.7 Å². The third kappa shape index (κ3) is 3.87. The van der Waals surface area contributed by atoms with Crippen LogP contribution in [0.1, 0.15) is 37.8 Å². The summed E-state index contributed by atoms with van der Waals surface area (Å²) in [5.41, 5.74) is 5.11. The second-order valence-electron chi connectivity index (χ2n) is 5.78. The molecule has 21 heavy (non-hydrogen) atoms. The first kappa shape index (κ1) is 16.1. The van der Waals surface area contributed by atoms with E-state index in [1.54, 1.807) is 6.07 Å². The number of anilines is 1. The largest absolute Gasteiger partial charge is 0.417 e. The summed E-state index contributed by atoms with van der Waals surface area (Å²) in [6.07, 6.45) is -2.16. The van der Waals surface area contributed by atoms with Crippen molar-refractivity contribution in [1.82, 2.24) is 0 Å². The quantitative estimate of drug-likeness (QED) is 0.834. The maximum atomic E-state index is 13.2. The summed E-state index contributed by atoms with van der Waals surface area (Å²) < 4.78 is 39.6. The van der Waals surface area contributed by atoms with Gasteiger partial charge in [-0.3, -0.25) is 0 Å². The highest BCUT2D eigenvalue weighted by Gasteiger charge is 2.35.